The first-order valence-corrected chi connectivity index (χ1v) is 12.7. The number of likely N-dealkylation sites (tertiary alicyclic amines) is 1. The molecule has 1 saturated carbocycles. The number of rotatable bonds is 8. The summed E-state index contributed by atoms with van der Waals surface area (Å²) in [6.07, 6.45) is 3.33. The zero-order chi connectivity index (χ0) is 26.4. The van der Waals surface area contributed by atoms with E-state index in [0.29, 0.717) is 25.1 Å². The van der Waals surface area contributed by atoms with Crippen molar-refractivity contribution in [1.29, 1.82) is 0 Å². The first-order valence-electron chi connectivity index (χ1n) is 12.7. The monoisotopic (exact) mass is 518 g/mol. The predicted molar refractivity (Wildman–Crippen MR) is 132 cm³/mol. The third kappa shape index (κ3) is 7.07. The van der Waals surface area contributed by atoms with Crippen LogP contribution in [0.15, 0.2) is 48.8 Å². The minimum absolute atomic E-state index is 0.149. The number of nitrogens with zero attached hydrogens (tertiary/aromatic N) is 2. The van der Waals surface area contributed by atoms with E-state index in [1.807, 2.05) is 19.2 Å². The van der Waals surface area contributed by atoms with Crippen LogP contribution in [0.1, 0.15) is 60.0 Å². The number of pyridine rings is 1. The molecule has 2 aromatic rings. The Bertz CT molecular complexity index is 1060. The summed E-state index contributed by atoms with van der Waals surface area (Å²) < 4.78 is 44.7. The number of carbonyl (C=O) groups excluding carboxylic acids is 2. The van der Waals surface area contributed by atoms with Crippen LogP contribution >= 0.6 is 0 Å². The fourth-order valence-corrected chi connectivity index (χ4v) is 5.37. The van der Waals surface area contributed by atoms with Gasteiger partial charge in [0.15, 0.2) is 0 Å². The van der Waals surface area contributed by atoms with E-state index in [9.17, 15) is 22.8 Å². The molecule has 2 fully saturated rings. The molecule has 0 spiro atoms. The standard InChI is InChI=1S/C27H33F3N4O3/c1-2-37-24-17-34(22-10-8-18(9-11-22)20-6-4-12-31-14-20)16-23(24)33-25(35)15-32-26(36)19-5-3-7-21(13-19)27(28,29)30/h3-7,12-14,18,22-24H,2,8-11,15-17H2,1H3,(H,32,36)(H,33,35)/t18?,22?,23-,24-/m0/s1. The maximum absolute atomic E-state index is 12.9. The number of aromatic nitrogens is 1. The molecule has 1 aliphatic carbocycles. The second kappa shape index (κ2) is 12.0. The van der Waals surface area contributed by atoms with Crippen molar-refractivity contribution in [3.05, 3.63) is 65.5 Å². The van der Waals surface area contributed by atoms with Gasteiger partial charge in [-0.05, 0) is 68.4 Å². The van der Waals surface area contributed by atoms with Crippen LogP contribution in [0.5, 0.6) is 0 Å². The molecular formula is C27H33F3N4O3. The van der Waals surface area contributed by atoms with Crippen molar-refractivity contribution >= 4 is 11.8 Å². The van der Waals surface area contributed by atoms with Crippen molar-refractivity contribution in [1.82, 2.24) is 20.5 Å². The lowest BCUT2D eigenvalue weighted by atomic mass is 9.82. The van der Waals surface area contributed by atoms with Gasteiger partial charge in [-0.2, -0.15) is 13.2 Å². The van der Waals surface area contributed by atoms with E-state index in [1.54, 1.807) is 6.20 Å². The summed E-state index contributed by atoms with van der Waals surface area (Å²) in [6, 6.07) is 8.42. The highest BCUT2D eigenvalue weighted by Gasteiger charge is 2.39. The fraction of sp³-hybridized carbons (Fsp3) is 0.519. The van der Waals surface area contributed by atoms with Gasteiger partial charge >= 0.3 is 6.18 Å². The number of amides is 2. The van der Waals surface area contributed by atoms with Crippen molar-refractivity contribution in [2.24, 2.45) is 0 Å². The van der Waals surface area contributed by atoms with Crippen LogP contribution in [0.2, 0.25) is 0 Å². The molecule has 0 unspecified atom stereocenters. The molecule has 2 amide bonds. The van der Waals surface area contributed by atoms with Gasteiger partial charge in [-0.25, -0.2) is 0 Å². The summed E-state index contributed by atoms with van der Waals surface area (Å²) in [5, 5.41) is 5.37. The van der Waals surface area contributed by atoms with Crippen LogP contribution in [0.3, 0.4) is 0 Å². The number of hydrogen-bond donors (Lipinski definition) is 2. The lowest BCUT2D eigenvalue weighted by Crippen LogP contribution is -2.48. The van der Waals surface area contributed by atoms with Crippen molar-refractivity contribution < 1.29 is 27.5 Å². The number of alkyl halides is 3. The zero-order valence-corrected chi connectivity index (χ0v) is 20.8. The maximum Gasteiger partial charge on any atom is 0.416 e. The SMILES string of the molecule is CCO[C@H]1CN(C2CCC(c3cccnc3)CC2)C[C@@H]1NC(=O)CNC(=O)c1cccc(C(F)(F)F)c1. The van der Waals surface area contributed by atoms with Gasteiger partial charge in [0, 0.05) is 43.7 Å². The van der Waals surface area contributed by atoms with Gasteiger partial charge in [-0.3, -0.25) is 19.5 Å². The molecule has 1 aliphatic heterocycles. The summed E-state index contributed by atoms with van der Waals surface area (Å²) in [4.78, 5) is 31.6. The molecule has 37 heavy (non-hydrogen) atoms. The van der Waals surface area contributed by atoms with Gasteiger partial charge in [0.05, 0.1) is 24.3 Å². The summed E-state index contributed by atoms with van der Waals surface area (Å²) >= 11 is 0. The number of halogens is 3. The van der Waals surface area contributed by atoms with Crippen LogP contribution in [0.25, 0.3) is 0 Å². The Hall–Kier alpha value is -2.98. The molecule has 7 nitrogen and oxygen atoms in total. The lowest BCUT2D eigenvalue weighted by Gasteiger charge is -2.34. The van der Waals surface area contributed by atoms with Crippen molar-refractivity contribution in [3.8, 4) is 0 Å². The molecule has 1 saturated heterocycles. The second-order valence-corrected chi connectivity index (χ2v) is 9.67. The van der Waals surface area contributed by atoms with E-state index in [2.05, 4.69) is 26.6 Å². The summed E-state index contributed by atoms with van der Waals surface area (Å²) in [7, 11) is 0. The van der Waals surface area contributed by atoms with Crippen molar-refractivity contribution in [2.45, 2.75) is 62.9 Å². The van der Waals surface area contributed by atoms with Crippen LogP contribution in [0, 0.1) is 0 Å². The van der Waals surface area contributed by atoms with Gasteiger partial charge in [-0.15, -0.1) is 0 Å². The molecule has 10 heteroatoms. The molecule has 1 aromatic carbocycles. The minimum atomic E-state index is -4.55. The number of ether oxygens (including phenoxy) is 1. The normalized spacial score (nSPS) is 24.5. The average molecular weight is 519 g/mol. The van der Waals surface area contributed by atoms with Gasteiger partial charge < -0.3 is 15.4 Å². The molecule has 0 radical (unpaired) electrons. The molecular weight excluding hydrogens is 485 g/mol. The van der Waals surface area contributed by atoms with Gasteiger partial charge in [0.1, 0.15) is 0 Å². The molecule has 2 heterocycles. The number of benzene rings is 1. The predicted octanol–water partition coefficient (Wildman–Crippen LogP) is 3.76. The summed E-state index contributed by atoms with van der Waals surface area (Å²) in [6.45, 7) is 3.47. The summed E-state index contributed by atoms with van der Waals surface area (Å²) in [5.74, 6) is -0.621. The molecule has 0 bridgehead atoms. The Balaban J connectivity index is 1.28. The fourth-order valence-electron chi connectivity index (χ4n) is 5.37. The Kier molecular flexibility index (Phi) is 8.81. The third-order valence-corrected chi connectivity index (χ3v) is 7.25. The van der Waals surface area contributed by atoms with Gasteiger partial charge in [-0.1, -0.05) is 12.1 Å². The quantitative estimate of drug-likeness (QED) is 0.556. The van der Waals surface area contributed by atoms with E-state index in [1.165, 1.54) is 17.7 Å². The average Bonchev–Trinajstić information content (AvgIpc) is 3.29. The largest absolute Gasteiger partial charge is 0.416 e. The van der Waals surface area contributed by atoms with Crippen LogP contribution in [-0.4, -0.2) is 66.1 Å². The first-order chi connectivity index (χ1) is 17.7. The third-order valence-electron chi connectivity index (χ3n) is 7.25. The molecule has 2 aliphatic rings. The highest BCUT2D eigenvalue weighted by Crippen LogP contribution is 2.35. The second-order valence-electron chi connectivity index (χ2n) is 9.67. The Morgan fingerprint density at radius 2 is 1.89 bits per heavy atom. The molecule has 4 rings (SSSR count). The Morgan fingerprint density at radius 3 is 2.57 bits per heavy atom. The minimum Gasteiger partial charge on any atom is -0.375 e. The molecule has 2 N–H and O–H groups in total. The highest BCUT2D eigenvalue weighted by molar-refractivity contribution is 5.96. The molecule has 2 atom stereocenters. The Morgan fingerprint density at radius 1 is 1.11 bits per heavy atom. The van der Waals surface area contributed by atoms with Gasteiger partial charge in [0.25, 0.3) is 5.91 Å². The first kappa shape index (κ1) is 27.1. The van der Waals surface area contributed by atoms with Crippen LogP contribution in [0.4, 0.5) is 13.2 Å². The van der Waals surface area contributed by atoms with Crippen LogP contribution in [-0.2, 0) is 15.7 Å². The number of nitrogens with one attached hydrogen (secondary N) is 2. The van der Waals surface area contributed by atoms with E-state index in [4.69, 9.17) is 4.74 Å². The van der Waals surface area contributed by atoms with E-state index in [-0.39, 0.29) is 24.3 Å². The smallest absolute Gasteiger partial charge is 0.375 e. The maximum atomic E-state index is 12.9. The molecule has 200 valence electrons. The number of carbonyl (C=O) groups is 2. The van der Waals surface area contributed by atoms with E-state index in [0.717, 1.165) is 44.4 Å². The Labute approximate surface area is 214 Å². The molecule has 1 aromatic heterocycles. The highest BCUT2D eigenvalue weighted by atomic mass is 19.4. The number of hydrogen-bond acceptors (Lipinski definition) is 5. The van der Waals surface area contributed by atoms with Crippen molar-refractivity contribution in [2.75, 3.05) is 26.2 Å². The zero-order valence-electron chi connectivity index (χ0n) is 20.8. The topological polar surface area (TPSA) is 83.6 Å². The van der Waals surface area contributed by atoms with E-state index >= 15 is 0 Å². The van der Waals surface area contributed by atoms with Crippen LogP contribution < -0.4 is 10.6 Å². The lowest BCUT2D eigenvalue weighted by molar-refractivity contribution is -0.137. The summed E-state index contributed by atoms with van der Waals surface area (Å²) in [5.41, 5.74) is 0.223. The van der Waals surface area contributed by atoms with Gasteiger partial charge in [0.2, 0.25) is 5.91 Å². The van der Waals surface area contributed by atoms with E-state index < -0.39 is 23.6 Å². The van der Waals surface area contributed by atoms with Crippen molar-refractivity contribution in [3.63, 3.8) is 0 Å².